The Hall–Kier alpha value is -2.70. The second-order valence-electron chi connectivity index (χ2n) is 5.57. The summed E-state index contributed by atoms with van der Waals surface area (Å²) in [6.07, 6.45) is 1.72. The van der Waals surface area contributed by atoms with E-state index in [1.54, 1.807) is 52.6 Å². The van der Waals surface area contributed by atoms with Gasteiger partial charge in [-0.3, -0.25) is 9.59 Å². The van der Waals surface area contributed by atoms with E-state index in [1.165, 1.54) is 11.3 Å². The molecule has 6 heteroatoms. The summed E-state index contributed by atoms with van der Waals surface area (Å²) in [7, 11) is 0. The van der Waals surface area contributed by atoms with Crippen molar-refractivity contribution in [1.82, 2.24) is 4.90 Å². The van der Waals surface area contributed by atoms with Crippen molar-refractivity contribution < 1.29 is 9.59 Å². The highest BCUT2D eigenvalue weighted by Crippen LogP contribution is 2.18. The van der Waals surface area contributed by atoms with Crippen LogP contribution in [0.5, 0.6) is 0 Å². The third kappa shape index (κ3) is 4.47. The van der Waals surface area contributed by atoms with E-state index >= 15 is 0 Å². The molecule has 0 aliphatic heterocycles. The molecule has 0 bridgehead atoms. The smallest absolute Gasteiger partial charge is 0.265 e. The second-order valence-corrected chi connectivity index (χ2v) is 7.55. The first-order valence-electron chi connectivity index (χ1n) is 8.05. The lowest BCUT2D eigenvalue weighted by atomic mass is 10.1. The van der Waals surface area contributed by atoms with Gasteiger partial charge in [-0.25, -0.2) is 0 Å². The number of carbonyl (C=O) groups is 2. The summed E-state index contributed by atoms with van der Waals surface area (Å²) in [6, 6.07) is 14.6. The molecule has 2 amide bonds. The van der Waals surface area contributed by atoms with Gasteiger partial charge in [0.05, 0.1) is 11.4 Å². The molecule has 0 atom stereocenters. The molecule has 0 saturated carbocycles. The molecule has 0 unspecified atom stereocenters. The molecule has 4 nitrogen and oxygen atoms in total. The highest BCUT2D eigenvalue weighted by Gasteiger charge is 2.16. The van der Waals surface area contributed by atoms with Crippen molar-refractivity contribution in [3.05, 3.63) is 87.3 Å². The predicted octanol–water partition coefficient (Wildman–Crippen LogP) is 4.89. The summed E-state index contributed by atoms with van der Waals surface area (Å²) >= 11 is 2.99. The van der Waals surface area contributed by atoms with E-state index in [0.29, 0.717) is 29.2 Å². The van der Waals surface area contributed by atoms with E-state index in [9.17, 15) is 9.59 Å². The average Bonchev–Trinajstić information content (AvgIpc) is 3.35. The molecular weight excluding hydrogens is 364 g/mol. The Morgan fingerprint density at radius 1 is 1.08 bits per heavy atom. The summed E-state index contributed by atoms with van der Waals surface area (Å²) in [6.45, 7) is 4.74. The van der Waals surface area contributed by atoms with Crippen molar-refractivity contribution in [3.8, 4) is 0 Å². The van der Waals surface area contributed by atoms with Crippen molar-refractivity contribution >= 4 is 40.2 Å². The van der Waals surface area contributed by atoms with Gasteiger partial charge in [-0.1, -0.05) is 24.3 Å². The number of amides is 2. The van der Waals surface area contributed by atoms with Crippen molar-refractivity contribution in [2.45, 2.75) is 6.54 Å². The zero-order valence-electron chi connectivity index (χ0n) is 14.1. The molecule has 3 rings (SSSR count). The Balaban J connectivity index is 1.75. The van der Waals surface area contributed by atoms with Crippen molar-refractivity contribution in [1.29, 1.82) is 0 Å². The van der Waals surface area contributed by atoms with Gasteiger partial charge in [0.2, 0.25) is 0 Å². The van der Waals surface area contributed by atoms with Crippen LogP contribution in [0.25, 0.3) is 0 Å². The minimum absolute atomic E-state index is 0.0921. The number of hydrogen-bond acceptors (Lipinski definition) is 4. The van der Waals surface area contributed by atoms with Crippen molar-refractivity contribution in [3.63, 3.8) is 0 Å². The Bertz CT molecular complexity index is 886. The normalized spacial score (nSPS) is 10.3. The SMILES string of the molecule is C=CCN(Cc1cccs1)C(=O)c1cccc(NC(=O)c2cccs2)c1. The van der Waals surface area contributed by atoms with E-state index in [2.05, 4.69) is 11.9 Å². The number of thiophene rings is 2. The molecule has 2 aromatic heterocycles. The average molecular weight is 383 g/mol. The molecule has 1 N–H and O–H groups in total. The molecule has 132 valence electrons. The van der Waals surface area contributed by atoms with Gasteiger partial charge in [-0.05, 0) is 41.1 Å². The number of rotatable bonds is 7. The molecule has 0 spiro atoms. The first-order chi connectivity index (χ1) is 12.7. The molecule has 1 aromatic carbocycles. The van der Waals surface area contributed by atoms with Gasteiger partial charge in [-0.15, -0.1) is 29.3 Å². The molecule has 2 heterocycles. The van der Waals surface area contributed by atoms with Crippen LogP contribution in [-0.4, -0.2) is 23.3 Å². The first kappa shape index (κ1) is 18.1. The molecule has 3 aromatic rings. The van der Waals surface area contributed by atoms with Gasteiger partial charge in [0.25, 0.3) is 11.8 Å². The fourth-order valence-corrected chi connectivity index (χ4v) is 3.82. The van der Waals surface area contributed by atoms with Gasteiger partial charge in [-0.2, -0.15) is 0 Å². The van der Waals surface area contributed by atoms with E-state index in [0.717, 1.165) is 4.88 Å². The molecular formula is C20H18N2O2S2. The number of benzene rings is 1. The fourth-order valence-electron chi connectivity index (χ4n) is 2.48. The minimum atomic E-state index is -0.175. The molecule has 0 aliphatic rings. The van der Waals surface area contributed by atoms with Gasteiger partial charge in [0.1, 0.15) is 0 Å². The lowest BCUT2D eigenvalue weighted by Crippen LogP contribution is -2.30. The number of anilines is 1. The Morgan fingerprint density at radius 2 is 1.88 bits per heavy atom. The van der Waals surface area contributed by atoms with Gasteiger partial charge >= 0.3 is 0 Å². The van der Waals surface area contributed by atoms with Crippen LogP contribution < -0.4 is 5.32 Å². The molecule has 0 fully saturated rings. The summed E-state index contributed by atoms with van der Waals surface area (Å²) in [5.74, 6) is -0.267. The van der Waals surface area contributed by atoms with Crippen molar-refractivity contribution in [2.24, 2.45) is 0 Å². The lowest BCUT2D eigenvalue weighted by molar-refractivity contribution is 0.0764. The van der Waals surface area contributed by atoms with E-state index in [1.807, 2.05) is 29.0 Å². The summed E-state index contributed by atoms with van der Waals surface area (Å²) in [4.78, 5) is 28.6. The zero-order chi connectivity index (χ0) is 18.4. The second kappa shape index (κ2) is 8.60. The number of nitrogens with zero attached hydrogens (tertiary/aromatic N) is 1. The Labute approximate surface area is 160 Å². The van der Waals surface area contributed by atoms with Crippen LogP contribution in [0.1, 0.15) is 24.9 Å². The van der Waals surface area contributed by atoms with E-state index in [4.69, 9.17) is 0 Å². The van der Waals surface area contributed by atoms with E-state index < -0.39 is 0 Å². The molecule has 0 radical (unpaired) electrons. The summed E-state index contributed by atoms with van der Waals surface area (Å²) in [5, 5.41) is 6.69. The van der Waals surface area contributed by atoms with Gasteiger partial charge in [0.15, 0.2) is 0 Å². The largest absolute Gasteiger partial charge is 0.330 e. The van der Waals surface area contributed by atoms with Crippen LogP contribution in [0.2, 0.25) is 0 Å². The quantitative estimate of drug-likeness (QED) is 0.592. The lowest BCUT2D eigenvalue weighted by Gasteiger charge is -2.21. The third-order valence-electron chi connectivity index (χ3n) is 3.68. The summed E-state index contributed by atoms with van der Waals surface area (Å²) < 4.78 is 0. The maximum absolute atomic E-state index is 12.9. The molecule has 0 aliphatic carbocycles. The highest BCUT2D eigenvalue weighted by atomic mass is 32.1. The van der Waals surface area contributed by atoms with Crippen LogP contribution >= 0.6 is 22.7 Å². The maximum atomic E-state index is 12.9. The first-order valence-corrected chi connectivity index (χ1v) is 9.81. The maximum Gasteiger partial charge on any atom is 0.265 e. The van der Waals surface area contributed by atoms with Crippen LogP contribution in [-0.2, 0) is 6.54 Å². The van der Waals surface area contributed by atoms with Crippen LogP contribution in [0.3, 0.4) is 0 Å². The zero-order valence-corrected chi connectivity index (χ0v) is 15.7. The predicted molar refractivity (Wildman–Crippen MR) is 108 cm³/mol. The highest BCUT2D eigenvalue weighted by molar-refractivity contribution is 7.12. The molecule has 0 saturated heterocycles. The van der Waals surface area contributed by atoms with Gasteiger partial charge < -0.3 is 10.2 Å². The third-order valence-corrected chi connectivity index (χ3v) is 5.41. The monoisotopic (exact) mass is 382 g/mol. The molecule has 26 heavy (non-hydrogen) atoms. The Kier molecular flexibility index (Phi) is 5.99. The fraction of sp³-hybridized carbons (Fsp3) is 0.100. The van der Waals surface area contributed by atoms with Crippen molar-refractivity contribution in [2.75, 3.05) is 11.9 Å². The van der Waals surface area contributed by atoms with Crippen LogP contribution in [0.4, 0.5) is 5.69 Å². The van der Waals surface area contributed by atoms with Crippen LogP contribution in [0.15, 0.2) is 71.9 Å². The van der Waals surface area contributed by atoms with Crippen LogP contribution in [0, 0.1) is 0 Å². The minimum Gasteiger partial charge on any atom is -0.330 e. The topological polar surface area (TPSA) is 49.4 Å². The number of hydrogen-bond donors (Lipinski definition) is 1. The Morgan fingerprint density at radius 3 is 2.58 bits per heavy atom. The number of nitrogens with one attached hydrogen (secondary N) is 1. The number of carbonyl (C=O) groups excluding carboxylic acids is 2. The standard InChI is InChI=1S/C20H18N2O2S2/c1-2-10-22(14-17-8-4-11-25-17)20(24)15-6-3-7-16(13-15)21-19(23)18-9-5-12-26-18/h2-9,11-13H,1,10,14H2,(H,21,23). The van der Waals surface area contributed by atoms with E-state index in [-0.39, 0.29) is 11.8 Å². The summed E-state index contributed by atoms with van der Waals surface area (Å²) in [5.41, 5.74) is 1.14. The van der Waals surface area contributed by atoms with Gasteiger partial charge in [0, 0.05) is 22.7 Å².